The third-order valence-corrected chi connectivity index (χ3v) is 4.47. The molecule has 1 aliphatic heterocycles. The van der Waals surface area contributed by atoms with E-state index in [4.69, 9.17) is 9.31 Å². The van der Waals surface area contributed by atoms with Gasteiger partial charge in [0.2, 0.25) is 0 Å². The maximum absolute atomic E-state index is 13.7. The van der Waals surface area contributed by atoms with Crippen molar-refractivity contribution in [1.29, 1.82) is 0 Å². The topological polar surface area (TPSA) is 36.3 Å². The van der Waals surface area contributed by atoms with E-state index in [0.29, 0.717) is 12.1 Å². The van der Waals surface area contributed by atoms with Crippen molar-refractivity contribution in [3.8, 4) is 0 Å². The molecule has 0 spiro atoms. The lowest BCUT2D eigenvalue weighted by Gasteiger charge is -2.32. The minimum Gasteiger partial charge on any atom is -0.399 e. The molecule has 1 fully saturated rings. The number of rotatable bonds is 3. The number of nitrogens with zero attached hydrogens (tertiary/aromatic N) is 2. The van der Waals surface area contributed by atoms with Crippen molar-refractivity contribution >= 4 is 12.6 Å². The van der Waals surface area contributed by atoms with Gasteiger partial charge in [0.15, 0.2) is 0 Å². The summed E-state index contributed by atoms with van der Waals surface area (Å²) in [4.78, 5) is 0. The first kappa shape index (κ1) is 15.2. The van der Waals surface area contributed by atoms with Crippen LogP contribution in [-0.2, 0) is 15.9 Å². The Morgan fingerprint density at radius 1 is 1.14 bits per heavy atom. The zero-order valence-electron chi connectivity index (χ0n) is 13.3. The number of aromatic nitrogens is 2. The third kappa shape index (κ3) is 2.68. The summed E-state index contributed by atoms with van der Waals surface area (Å²) in [5.41, 5.74) is 0.678. The van der Waals surface area contributed by atoms with E-state index in [2.05, 4.69) is 5.10 Å². The van der Waals surface area contributed by atoms with Gasteiger partial charge in [0.05, 0.1) is 17.7 Å². The van der Waals surface area contributed by atoms with Gasteiger partial charge in [-0.25, -0.2) is 4.39 Å². The van der Waals surface area contributed by atoms with E-state index in [1.807, 2.05) is 40.0 Å². The first-order valence-electron chi connectivity index (χ1n) is 7.40. The Morgan fingerprint density at radius 3 is 2.41 bits per heavy atom. The van der Waals surface area contributed by atoms with Gasteiger partial charge in [0.1, 0.15) is 5.82 Å². The van der Waals surface area contributed by atoms with Crippen molar-refractivity contribution in [3.05, 3.63) is 48.0 Å². The van der Waals surface area contributed by atoms with E-state index in [1.54, 1.807) is 23.0 Å². The Kier molecular flexibility index (Phi) is 3.61. The number of hydrogen-bond donors (Lipinski definition) is 0. The van der Waals surface area contributed by atoms with Crippen LogP contribution >= 0.6 is 0 Å². The first-order valence-corrected chi connectivity index (χ1v) is 7.40. The lowest BCUT2D eigenvalue weighted by atomic mass is 9.82. The lowest BCUT2D eigenvalue weighted by molar-refractivity contribution is 0.00578. The maximum Gasteiger partial charge on any atom is 0.498 e. The summed E-state index contributed by atoms with van der Waals surface area (Å²) in [5.74, 6) is -0.227. The minimum atomic E-state index is -0.445. The molecule has 1 aliphatic rings. The normalized spacial score (nSPS) is 19.6. The second kappa shape index (κ2) is 5.21. The molecule has 22 heavy (non-hydrogen) atoms. The molecule has 2 aromatic rings. The molecule has 4 nitrogen and oxygen atoms in total. The molecular weight excluding hydrogens is 282 g/mol. The van der Waals surface area contributed by atoms with Gasteiger partial charge in [0, 0.05) is 23.4 Å². The zero-order valence-corrected chi connectivity index (χ0v) is 13.3. The standard InChI is InChI=1S/C16H20BFN2O2/c1-15(2)16(3,4)22-17(21-15)13-9-19-20(11-13)10-12-7-5-6-8-14(12)18/h5-9,11H,10H2,1-4H3. The highest BCUT2D eigenvalue weighted by Crippen LogP contribution is 2.36. The number of halogens is 1. The van der Waals surface area contributed by atoms with Crippen LogP contribution in [0.3, 0.4) is 0 Å². The fourth-order valence-corrected chi connectivity index (χ4v) is 2.37. The average Bonchev–Trinajstić information content (AvgIpc) is 2.96. The van der Waals surface area contributed by atoms with Crippen molar-refractivity contribution < 1.29 is 13.7 Å². The molecule has 6 heteroatoms. The SMILES string of the molecule is CC1(C)OB(c2cnn(Cc3ccccc3F)c2)OC1(C)C. The van der Waals surface area contributed by atoms with Crippen LogP contribution in [0.25, 0.3) is 0 Å². The molecule has 0 bridgehead atoms. The van der Waals surface area contributed by atoms with Crippen molar-refractivity contribution in [3.63, 3.8) is 0 Å². The summed E-state index contributed by atoms with van der Waals surface area (Å²) in [6, 6.07) is 6.70. The Hall–Kier alpha value is -1.66. The molecule has 0 radical (unpaired) electrons. The molecule has 0 amide bonds. The van der Waals surface area contributed by atoms with E-state index in [1.165, 1.54) is 6.07 Å². The predicted molar refractivity (Wildman–Crippen MR) is 83.4 cm³/mol. The van der Waals surface area contributed by atoms with Crippen LogP contribution in [0, 0.1) is 5.82 Å². The van der Waals surface area contributed by atoms with E-state index < -0.39 is 7.12 Å². The molecular formula is C16H20BFN2O2. The van der Waals surface area contributed by atoms with Crippen LogP contribution in [0.4, 0.5) is 4.39 Å². The summed E-state index contributed by atoms with van der Waals surface area (Å²) in [7, 11) is -0.445. The molecule has 0 unspecified atom stereocenters. The van der Waals surface area contributed by atoms with Crippen LogP contribution in [0.2, 0.25) is 0 Å². The highest BCUT2D eigenvalue weighted by atomic mass is 19.1. The molecule has 1 aromatic heterocycles. The van der Waals surface area contributed by atoms with E-state index in [-0.39, 0.29) is 17.0 Å². The fourth-order valence-electron chi connectivity index (χ4n) is 2.37. The predicted octanol–water partition coefficient (Wildman–Crippen LogP) is 2.37. The van der Waals surface area contributed by atoms with Gasteiger partial charge in [-0.15, -0.1) is 0 Å². The van der Waals surface area contributed by atoms with Gasteiger partial charge < -0.3 is 9.31 Å². The molecule has 0 N–H and O–H groups in total. The largest absolute Gasteiger partial charge is 0.498 e. The molecule has 0 atom stereocenters. The number of benzene rings is 1. The molecule has 2 heterocycles. The van der Waals surface area contributed by atoms with Gasteiger partial charge in [-0.05, 0) is 33.8 Å². The molecule has 1 aromatic carbocycles. The molecule has 3 rings (SSSR count). The highest BCUT2D eigenvalue weighted by Gasteiger charge is 2.52. The average molecular weight is 302 g/mol. The first-order chi connectivity index (χ1) is 10.3. The van der Waals surface area contributed by atoms with Crippen molar-refractivity contribution in [2.24, 2.45) is 0 Å². The highest BCUT2D eigenvalue weighted by molar-refractivity contribution is 6.61. The Labute approximate surface area is 130 Å². The second-order valence-corrected chi connectivity index (χ2v) is 6.65. The van der Waals surface area contributed by atoms with Crippen LogP contribution < -0.4 is 5.46 Å². The van der Waals surface area contributed by atoms with E-state index >= 15 is 0 Å². The second-order valence-electron chi connectivity index (χ2n) is 6.65. The van der Waals surface area contributed by atoms with Crippen molar-refractivity contribution in [1.82, 2.24) is 9.78 Å². The Morgan fingerprint density at radius 2 is 1.77 bits per heavy atom. The molecule has 0 saturated carbocycles. The summed E-state index contributed by atoms with van der Waals surface area (Å²) < 4.78 is 27.4. The smallest absolute Gasteiger partial charge is 0.399 e. The summed E-state index contributed by atoms with van der Waals surface area (Å²) in [5, 5.41) is 4.28. The molecule has 1 saturated heterocycles. The van der Waals surface area contributed by atoms with Crippen molar-refractivity contribution in [2.75, 3.05) is 0 Å². The summed E-state index contributed by atoms with van der Waals surface area (Å²) in [6.07, 6.45) is 3.55. The number of hydrogen-bond acceptors (Lipinski definition) is 3. The summed E-state index contributed by atoms with van der Waals surface area (Å²) in [6.45, 7) is 8.42. The maximum atomic E-state index is 13.7. The summed E-state index contributed by atoms with van der Waals surface area (Å²) >= 11 is 0. The van der Waals surface area contributed by atoms with E-state index in [9.17, 15) is 4.39 Å². The quantitative estimate of drug-likeness (QED) is 0.817. The lowest BCUT2D eigenvalue weighted by Crippen LogP contribution is -2.41. The Balaban J connectivity index is 1.77. The monoisotopic (exact) mass is 302 g/mol. The van der Waals surface area contributed by atoms with Gasteiger partial charge in [0.25, 0.3) is 0 Å². The Bertz CT molecular complexity index is 668. The van der Waals surface area contributed by atoms with Crippen LogP contribution in [0.1, 0.15) is 33.3 Å². The third-order valence-electron chi connectivity index (χ3n) is 4.47. The molecule has 116 valence electrons. The minimum absolute atomic E-state index is 0.227. The van der Waals surface area contributed by atoms with Crippen LogP contribution in [0.5, 0.6) is 0 Å². The van der Waals surface area contributed by atoms with Gasteiger partial charge in [-0.2, -0.15) is 5.10 Å². The van der Waals surface area contributed by atoms with Crippen molar-refractivity contribution in [2.45, 2.75) is 45.4 Å². The van der Waals surface area contributed by atoms with Gasteiger partial charge in [-0.1, -0.05) is 18.2 Å². The van der Waals surface area contributed by atoms with Crippen LogP contribution in [-0.4, -0.2) is 28.1 Å². The zero-order chi connectivity index (χ0) is 16.0. The fraction of sp³-hybridized carbons (Fsp3) is 0.438. The van der Waals surface area contributed by atoms with Gasteiger partial charge >= 0.3 is 7.12 Å². The van der Waals surface area contributed by atoms with Gasteiger partial charge in [-0.3, -0.25) is 4.68 Å². The van der Waals surface area contributed by atoms with Crippen LogP contribution in [0.15, 0.2) is 36.7 Å². The van der Waals surface area contributed by atoms with E-state index in [0.717, 1.165) is 5.46 Å². The molecule has 0 aliphatic carbocycles.